The van der Waals surface area contributed by atoms with Crippen molar-refractivity contribution in [1.29, 1.82) is 0 Å². The van der Waals surface area contributed by atoms with E-state index in [2.05, 4.69) is 10.5 Å². The van der Waals surface area contributed by atoms with Crippen LogP contribution in [0, 0.1) is 5.41 Å². The molecule has 0 aromatic carbocycles. The monoisotopic (exact) mass is 257 g/mol. The van der Waals surface area contributed by atoms with Crippen LogP contribution < -0.4 is 11.1 Å². The Balaban J connectivity index is 2.85. The standard InChI is InChI=1S/C12H23N3O3/c1-11(2,8-18-3)14-10(16)12(9(13)15-17)6-4-5-7-12/h17H,4-8H2,1-3H3,(H2,13,15)(H,14,16). The van der Waals surface area contributed by atoms with Gasteiger partial charge in [0.25, 0.3) is 0 Å². The van der Waals surface area contributed by atoms with E-state index in [1.54, 1.807) is 7.11 Å². The Hall–Kier alpha value is -1.30. The number of rotatable bonds is 5. The molecular formula is C12H23N3O3. The fourth-order valence-electron chi connectivity index (χ4n) is 2.50. The Bertz CT molecular complexity index is 333. The van der Waals surface area contributed by atoms with E-state index in [0.29, 0.717) is 19.4 Å². The zero-order valence-electron chi connectivity index (χ0n) is 11.3. The largest absolute Gasteiger partial charge is 0.409 e. The molecule has 4 N–H and O–H groups in total. The minimum Gasteiger partial charge on any atom is -0.409 e. The van der Waals surface area contributed by atoms with Gasteiger partial charge < -0.3 is 21.0 Å². The van der Waals surface area contributed by atoms with E-state index >= 15 is 0 Å². The van der Waals surface area contributed by atoms with Crippen molar-refractivity contribution in [1.82, 2.24) is 5.32 Å². The summed E-state index contributed by atoms with van der Waals surface area (Å²) in [4.78, 5) is 12.4. The van der Waals surface area contributed by atoms with Gasteiger partial charge in [0.05, 0.1) is 12.1 Å². The van der Waals surface area contributed by atoms with E-state index in [4.69, 9.17) is 15.7 Å². The number of carbonyl (C=O) groups excluding carboxylic acids is 1. The second-order valence-corrected chi connectivity index (χ2v) is 5.55. The van der Waals surface area contributed by atoms with Crippen molar-refractivity contribution in [3.8, 4) is 0 Å². The highest BCUT2D eigenvalue weighted by Gasteiger charge is 2.46. The van der Waals surface area contributed by atoms with Crippen molar-refractivity contribution in [2.24, 2.45) is 16.3 Å². The Morgan fingerprint density at radius 2 is 2.06 bits per heavy atom. The van der Waals surface area contributed by atoms with Crippen molar-refractivity contribution in [3.63, 3.8) is 0 Å². The van der Waals surface area contributed by atoms with E-state index in [-0.39, 0.29) is 11.7 Å². The lowest BCUT2D eigenvalue weighted by Gasteiger charge is -2.32. The van der Waals surface area contributed by atoms with Gasteiger partial charge in [-0.2, -0.15) is 0 Å². The average Bonchev–Trinajstić information content (AvgIpc) is 2.77. The summed E-state index contributed by atoms with van der Waals surface area (Å²) < 4.78 is 5.06. The number of hydrogen-bond donors (Lipinski definition) is 3. The van der Waals surface area contributed by atoms with Crippen LogP contribution in [0.25, 0.3) is 0 Å². The molecule has 104 valence electrons. The number of ether oxygens (including phenoxy) is 1. The summed E-state index contributed by atoms with van der Waals surface area (Å²) in [5.74, 6) is -0.178. The van der Waals surface area contributed by atoms with Gasteiger partial charge in [0.15, 0.2) is 5.84 Å². The second-order valence-electron chi connectivity index (χ2n) is 5.55. The molecule has 1 rings (SSSR count). The van der Waals surface area contributed by atoms with Gasteiger partial charge in [0, 0.05) is 7.11 Å². The lowest BCUT2D eigenvalue weighted by atomic mass is 9.83. The summed E-state index contributed by atoms with van der Waals surface area (Å²) in [5.41, 5.74) is 4.38. The number of nitrogens with one attached hydrogen (secondary N) is 1. The van der Waals surface area contributed by atoms with Gasteiger partial charge in [-0.1, -0.05) is 18.0 Å². The molecule has 0 saturated heterocycles. The third-order valence-corrected chi connectivity index (χ3v) is 3.45. The molecule has 0 radical (unpaired) electrons. The summed E-state index contributed by atoms with van der Waals surface area (Å²) in [6.07, 6.45) is 3.07. The summed E-state index contributed by atoms with van der Waals surface area (Å²) in [5, 5.41) is 14.8. The molecule has 6 heteroatoms. The van der Waals surface area contributed by atoms with E-state index in [1.165, 1.54) is 0 Å². The van der Waals surface area contributed by atoms with Crippen LogP contribution in [0.5, 0.6) is 0 Å². The van der Waals surface area contributed by atoms with Crippen LogP contribution in [0.4, 0.5) is 0 Å². The molecule has 0 unspecified atom stereocenters. The molecule has 0 heterocycles. The molecule has 0 atom stereocenters. The Kier molecular flexibility index (Phi) is 4.56. The predicted octanol–water partition coefficient (Wildman–Crippen LogP) is 0.834. The first-order valence-corrected chi connectivity index (χ1v) is 6.17. The molecule has 1 fully saturated rings. The molecule has 0 aromatic rings. The van der Waals surface area contributed by atoms with Crippen LogP contribution in [-0.2, 0) is 9.53 Å². The lowest BCUT2D eigenvalue weighted by Crippen LogP contribution is -2.55. The highest BCUT2D eigenvalue weighted by atomic mass is 16.5. The SMILES string of the molecule is COCC(C)(C)NC(=O)C1(C(N)=NO)CCCC1. The quantitative estimate of drug-likeness (QED) is 0.294. The first-order chi connectivity index (χ1) is 8.38. The van der Waals surface area contributed by atoms with Crippen LogP contribution in [0.3, 0.4) is 0 Å². The summed E-state index contributed by atoms with van der Waals surface area (Å²) in [6, 6.07) is 0. The lowest BCUT2D eigenvalue weighted by molar-refractivity contribution is -0.129. The fourth-order valence-corrected chi connectivity index (χ4v) is 2.50. The fraction of sp³-hybridized carbons (Fsp3) is 0.833. The van der Waals surface area contributed by atoms with Crippen LogP contribution in [0.15, 0.2) is 5.16 Å². The van der Waals surface area contributed by atoms with E-state index in [1.807, 2.05) is 13.8 Å². The van der Waals surface area contributed by atoms with Gasteiger partial charge in [-0.05, 0) is 26.7 Å². The topological polar surface area (TPSA) is 96.9 Å². The molecule has 1 saturated carbocycles. The Morgan fingerprint density at radius 3 is 2.50 bits per heavy atom. The maximum atomic E-state index is 12.4. The van der Waals surface area contributed by atoms with Crippen molar-refractivity contribution < 1.29 is 14.7 Å². The number of nitrogens with zero attached hydrogens (tertiary/aromatic N) is 1. The molecule has 1 aliphatic carbocycles. The number of hydrogen-bond acceptors (Lipinski definition) is 4. The number of methoxy groups -OCH3 is 1. The summed E-state index contributed by atoms with van der Waals surface area (Å²) in [6.45, 7) is 4.16. The highest BCUT2D eigenvalue weighted by Crippen LogP contribution is 2.39. The second kappa shape index (κ2) is 5.56. The molecule has 1 amide bonds. The smallest absolute Gasteiger partial charge is 0.234 e. The van der Waals surface area contributed by atoms with E-state index in [9.17, 15) is 4.79 Å². The van der Waals surface area contributed by atoms with E-state index < -0.39 is 11.0 Å². The van der Waals surface area contributed by atoms with Gasteiger partial charge in [-0.15, -0.1) is 0 Å². The first-order valence-electron chi connectivity index (χ1n) is 6.17. The number of amides is 1. The van der Waals surface area contributed by atoms with Crippen LogP contribution in [-0.4, -0.2) is 36.2 Å². The van der Waals surface area contributed by atoms with Gasteiger partial charge in [0.1, 0.15) is 5.41 Å². The van der Waals surface area contributed by atoms with E-state index in [0.717, 1.165) is 12.8 Å². The first kappa shape index (κ1) is 14.8. The minimum atomic E-state index is -0.861. The zero-order chi connectivity index (χ0) is 13.8. The highest BCUT2D eigenvalue weighted by molar-refractivity contribution is 6.07. The van der Waals surface area contributed by atoms with Crippen LogP contribution in [0.1, 0.15) is 39.5 Å². The number of oxime groups is 1. The third kappa shape index (κ3) is 2.93. The number of amidine groups is 1. The average molecular weight is 257 g/mol. The number of carbonyl (C=O) groups is 1. The van der Waals surface area contributed by atoms with Gasteiger partial charge in [0.2, 0.25) is 5.91 Å². The Morgan fingerprint density at radius 1 is 1.50 bits per heavy atom. The van der Waals surface area contributed by atoms with Gasteiger partial charge in [-0.3, -0.25) is 4.79 Å². The number of nitrogens with two attached hydrogens (primary N) is 1. The van der Waals surface area contributed by atoms with Crippen molar-refractivity contribution in [2.45, 2.75) is 45.1 Å². The molecule has 0 bridgehead atoms. The molecule has 0 aromatic heterocycles. The molecule has 18 heavy (non-hydrogen) atoms. The molecule has 0 aliphatic heterocycles. The maximum Gasteiger partial charge on any atom is 0.234 e. The van der Waals surface area contributed by atoms with Crippen molar-refractivity contribution in [3.05, 3.63) is 0 Å². The van der Waals surface area contributed by atoms with Crippen molar-refractivity contribution >= 4 is 11.7 Å². The summed E-state index contributed by atoms with van der Waals surface area (Å²) >= 11 is 0. The maximum absolute atomic E-state index is 12.4. The zero-order valence-corrected chi connectivity index (χ0v) is 11.3. The van der Waals surface area contributed by atoms with Crippen LogP contribution in [0.2, 0.25) is 0 Å². The van der Waals surface area contributed by atoms with Gasteiger partial charge in [-0.25, -0.2) is 0 Å². The third-order valence-electron chi connectivity index (χ3n) is 3.45. The molecule has 0 spiro atoms. The van der Waals surface area contributed by atoms with Crippen molar-refractivity contribution in [2.75, 3.05) is 13.7 Å². The minimum absolute atomic E-state index is 0.00529. The normalized spacial score (nSPS) is 19.8. The molecule has 6 nitrogen and oxygen atoms in total. The Labute approximate surface area is 108 Å². The predicted molar refractivity (Wildman–Crippen MR) is 68.4 cm³/mol. The van der Waals surface area contributed by atoms with Gasteiger partial charge >= 0.3 is 0 Å². The van der Waals surface area contributed by atoms with Crippen LogP contribution >= 0.6 is 0 Å². The molecule has 1 aliphatic rings. The summed E-state index contributed by atoms with van der Waals surface area (Å²) in [7, 11) is 1.59. The molecular weight excluding hydrogens is 234 g/mol.